The molecule has 0 aromatic carbocycles. The number of pyridine rings is 1. The van der Waals surface area contributed by atoms with E-state index in [-0.39, 0.29) is 5.91 Å². The molecule has 0 saturated heterocycles. The van der Waals surface area contributed by atoms with Gasteiger partial charge < -0.3 is 4.90 Å². The van der Waals surface area contributed by atoms with Crippen LogP contribution in [0, 0.1) is 6.92 Å². The fraction of sp³-hybridized carbons (Fsp3) is 0.308. The van der Waals surface area contributed by atoms with Gasteiger partial charge in [0.2, 0.25) is 0 Å². The predicted molar refractivity (Wildman–Crippen MR) is 68.0 cm³/mol. The average Bonchev–Trinajstić information content (AvgIpc) is 2.68. The van der Waals surface area contributed by atoms with Gasteiger partial charge in [0, 0.05) is 20.3 Å². The first-order valence-corrected chi connectivity index (χ1v) is 5.74. The van der Waals surface area contributed by atoms with E-state index in [9.17, 15) is 4.79 Å². The lowest BCUT2D eigenvalue weighted by Crippen LogP contribution is -2.28. The third-order valence-corrected chi connectivity index (χ3v) is 2.69. The van der Waals surface area contributed by atoms with Gasteiger partial charge in [0.1, 0.15) is 5.69 Å². The van der Waals surface area contributed by atoms with Gasteiger partial charge in [-0.25, -0.2) is 0 Å². The minimum atomic E-state index is -0.0521. The van der Waals surface area contributed by atoms with Crippen LogP contribution < -0.4 is 0 Å². The summed E-state index contributed by atoms with van der Waals surface area (Å²) in [5, 5.41) is 4.18. The molecule has 0 aliphatic rings. The standard InChI is InChI=1S/C13H16N4O/c1-10-8-12(17(3)15-10)13(18)16(2)9-11-6-4-5-7-14-11/h4-8H,9H2,1-3H3. The molecule has 2 aromatic heterocycles. The van der Waals surface area contributed by atoms with Gasteiger partial charge in [-0.3, -0.25) is 14.5 Å². The Balaban J connectivity index is 2.12. The van der Waals surface area contributed by atoms with E-state index in [1.54, 1.807) is 35.9 Å². The molecule has 2 aromatic rings. The lowest BCUT2D eigenvalue weighted by atomic mass is 10.3. The fourth-order valence-corrected chi connectivity index (χ4v) is 1.81. The molecule has 0 unspecified atom stereocenters. The number of nitrogens with zero attached hydrogens (tertiary/aromatic N) is 4. The third-order valence-electron chi connectivity index (χ3n) is 2.69. The van der Waals surface area contributed by atoms with Crippen molar-refractivity contribution in [3.8, 4) is 0 Å². The second kappa shape index (κ2) is 5.00. The molecule has 5 heteroatoms. The van der Waals surface area contributed by atoms with Crippen molar-refractivity contribution in [2.24, 2.45) is 7.05 Å². The van der Waals surface area contributed by atoms with Crippen molar-refractivity contribution in [3.63, 3.8) is 0 Å². The number of carbonyl (C=O) groups is 1. The molecule has 5 nitrogen and oxygen atoms in total. The highest BCUT2D eigenvalue weighted by atomic mass is 16.2. The summed E-state index contributed by atoms with van der Waals surface area (Å²) in [5.74, 6) is -0.0521. The van der Waals surface area contributed by atoms with E-state index in [4.69, 9.17) is 0 Å². The Labute approximate surface area is 106 Å². The molecule has 0 radical (unpaired) electrons. The van der Waals surface area contributed by atoms with Gasteiger partial charge in [0.25, 0.3) is 5.91 Å². The third kappa shape index (κ3) is 2.56. The molecule has 2 heterocycles. The summed E-state index contributed by atoms with van der Waals surface area (Å²) < 4.78 is 1.60. The minimum absolute atomic E-state index is 0.0521. The van der Waals surface area contributed by atoms with Crippen LogP contribution in [0.1, 0.15) is 21.9 Å². The highest BCUT2D eigenvalue weighted by Gasteiger charge is 2.16. The van der Waals surface area contributed by atoms with Crippen LogP contribution in [0.15, 0.2) is 30.5 Å². The average molecular weight is 244 g/mol. The molecule has 0 fully saturated rings. The predicted octanol–water partition coefficient (Wildman–Crippen LogP) is 1.40. The van der Waals surface area contributed by atoms with Crippen molar-refractivity contribution in [2.45, 2.75) is 13.5 Å². The van der Waals surface area contributed by atoms with E-state index in [0.717, 1.165) is 11.4 Å². The maximum atomic E-state index is 12.2. The quantitative estimate of drug-likeness (QED) is 0.820. The van der Waals surface area contributed by atoms with Gasteiger partial charge in [0.15, 0.2) is 0 Å². The summed E-state index contributed by atoms with van der Waals surface area (Å²) >= 11 is 0. The van der Waals surface area contributed by atoms with Gasteiger partial charge in [-0.1, -0.05) is 6.07 Å². The summed E-state index contributed by atoms with van der Waals surface area (Å²) in [6.45, 7) is 2.36. The van der Waals surface area contributed by atoms with Crippen LogP contribution in [0.2, 0.25) is 0 Å². The number of aryl methyl sites for hydroxylation is 2. The molecular formula is C13H16N4O. The zero-order valence-electron chi connectivity index (χ0n) is 10.8. The molecule has 0 aliphatic carbocycles. The van der Waals surface area contributed by atoms with Gasteiger partial charge >= 0.3 is 0 Å². The van der Waals surface area contributed by atoms with E-state index in [1.807, 2.05) is 25.1 Å². The summed E-state index contributed by atoms with van der Waals surface area (Å²) in [6.07, 6.45) is 1.72. The Morgan fingerprint density at radius 1 is 1.44 bits per heavy atom. The molecule has 2 rings (SSSR count). The van der Waals surface area contributed by atoms with Crippen LogP contribution in [-0.4, -0.2) is 32.6 Å². The highest BCUT2D eigenvalue weighted by Crippen LogP contribution is 2.07. The van der Waals surface area contributed by atoms with E-state index < -0.39 is 0 Å². The maximum absolute atomic E-state index is 12.2. The van der Waals surface area contributed by atoms with Crippen LogP contribution in [0.3, 0.4) is 0 Å². The molecule has 0 bridgehead atoms. The number of aromatic nitrogens is 3. The minimum Gasteiger partial charge on any atom is -0.334 e. The molecule has 0 atom stereocenters. The van der Waals surface area contributed by atoms with Crippen molar-refractivity contribution in [1.29, 1.82) is 0 Å². The lowest BCUT2D eigenvalue weighted by molar-refractivity contribution is 0.0772. The van der Waals surface area contributed by atoms with Gasteiger partial charge in [0.05, 0.1) is 17.9 Å². The van der Waals surface area contributed by atoms with E-state index >= 15 is 0 Å². The smallest absolute Gasteiger partial charge is 0.272 e. The molecule has 0 spiro atoms. The Morgan fingerprint density at radius 3 is 2.78 bits per heavy atom. The Morgan fingerprint density at radius 2 is 2.22 bits per heavy atom. The Bertz CT molecular complexity index is 547. The van der Waals surface area contributed by atoms with Gasteiger partial charge in [-0.2, -0.15) is 5.10 Å². The number of carbonyl (C=O) groups excluding carboxylic acids is 1. The number of amides is 1. The van der Waals surface area contributed by atoms with Crippen LogP contribution >= 0.6 is 0 Å². The number of rotatable bonds is 3. The molecule has 0 saturated carbocycles. The van der Waals surface area contributed by atoms with Crippen molar-refractivity contribution in [2.75, 3.05) is 7.05 Å². The van der Waals surface area contributed by atoms with Gasteiger partial charge in [-0.15, -0.1) is 0 Å². The summed E-state index contributed by atoms with van der Waals surface area (Å²) in [5.41, 5.74) is 2.30. The molecule has 1 amide bonds. The van der Waals surface area contributed by atoms with Crippen molar-refractivity contribution in [3.05, 3.63) is 47.5 Å². The van der Waals surface area contributed by atoms with Crippen molar-refractivity contribution in [1.82, 2.24) is 19.7 Å². The largest absolute Gasteiger partial charge is 0.334 e. The van der Waals surface area contributed by atoms with E-state index in [2.05, 4.69) is 10.1 Å². The van der Waals surface area contributed by atoms with Crippen molar-refractivity contribution < 1.29 is 4.79 Å². The van der Waals surface area contributed by atoms with E-state index in [1.165, 1.54) is 0 Å². The Kier molecular flexibility index (Phi) is 3.41. The Hall–Kier alpha value is -2.17. The second-order valence-corrected chi connectivity index (χ2v) is 4.28. The second-order valence-electron chi connectivity index (χ2n) is 4.28. The lowest BCUT2D eigenvalue weighted by Gasteiger charge is -2.16. The first-order chi connectivity index (χ1) is 8.58. The molecule has 18 heavy (non-hydrogen) atoms. The first kappa shape index (κ1) is 12.3. The maximum Gasteiger partial charge on any atom is 0.272 e. The van der Waals surface area contributed by atoms with Crippen LogP contribution in [-0.2, 0) is 13.6 Å². The fourth-order valence-electron chi connectivity index (χ4n) is 1.81. The van der Waals surface area contributed by atoms with E-state index in [0.29, 0.717) is 12.2 Å². The van der Waals surface area contributed by atoms with Crippen LogP contribution in [0.5, 0.6) is 0 Å². The SMILES string of the molecule is Cc1cc(C(=O)N(C)Cc2ccccn2)n(C)n1. The normalized spacial score (nSPS) is 10.4. The summed E-state index contributed by atoms with van der Waals surface area (Å²) in [4.78, 5) is 18.1. The van der Waals surface area contributed by atoms with Crippen molar-refractivity contribution >= 4 is 5.91 Å². The zero-order valence-corrected chi connectivity index (χ0v) is 10.8. The monoisotopic (exact) mass is 244 g/mol. The molecular weight excluding hydrogens is 228 g/mol. The van der Waals surface area contributed by atoms with Crippen LogP contribution in [0.25, 0.3) is 0 Å². The topological polar surface area (TPSA) is 51.0 Å². The molecule has 0 aliphatic heterocycles. The molecule has 0 N–H and O–H groups in total. The number of hydrogen-bond acceptors (Lipinski definition) is 3. The summed E-state index contributed by atoms with van der Waals surface area (Å²) in [7, 11) is 3.54. The zero-order chi connectivity index (χ0) is 13.1. The summed E-state index contributed by atoms with van der Waals surface area (Å²) in [6, 6.07) is 7.46. The molecule has 94 valence electrons. The number of hydrogen-bond donors (Lipinski definition) is 0. The van der Waals surface area contributed by atoms with Crippen LogP contribution in [0.4, 0.5) is 0 Å². The first-order valence-electron chi connectivity index (χ1n) is 5.74. The van der Waals surface area contributed by atoms with Gasteiger partial charge in [-0.05, 0) is 25.1 Å². The highest BCUT2D eigenvalue weighted by molar-refractivity contribution is 5.92.